The van der Waals surface area contributed by atoms with Gasteiger partial charge in [-0.05, 0) is 31.1 Å². The zero-order valence-electron chi connectivity index (χ0n) is 7.49. The highest BCUT2D eigenvalue weighted by molar-refractivity contribution is 5.84. The maximum absolute atomic E-state index is 11.4. The van der Waals surface area contributed by atoms with E-state index in [1.165, 1.54) is 0 Å². The Bertz CT molecular complexity index is 325. The Labute approximate surface area is 77.2 Å². The number of fused-ring (bicyclic) bond motifs is 3. The number of hydrogen-bond donors (Lipinski definition) is 2. The van der Waals surface area contributed by atoms with E-state index in [0.29, 0.717) is 11.8 Å². The Morgan fingerprint density at radius 2 is 2.31 bits per heavy atom. The molecule has 0 aromatic heterocycles. The van der Waals surface area contributed by atoms with E-state index in [1.54, 1.807) is 0 Å². The van der Waals surface area contributed by atoms with Gasteiger partial charge in [0, 0.05) is 5.54 Å². The van der Waals surface area contributed by atoms with Crippen LogP contribution in [0.3, 0.4) is 0 Å². The Morgan fingerprint density at radius 3 is 2.77 bits per heavy atom. The Morgan fingerprint density at radius 1 is 1.54 bits per heavy atom. The average Bonchev–Trinajstić information content (AvgIpc) is 2.60. The molecule has 4 N–H and O–H groups in total. The number of primary amides is 1. The minimum Gasteiger partial charge on any atom is -0.369 e. The van der Waals surface area contributed by atoms with Crippen molar-refractivity contribution in [1.29, 1.82) is 0 Å². The van der Waals surface area contributed by atoms with Crippen molar-refractivity contribution in [2.45, 2.75) is 24.8 Å². The van der Waals surface area contributed by atoms with Crippen molar-refractivity contribution in [3.05, 3.63) is 12.2 Å². The molecule has 3 rings (SSSR count). The molecule has 2 saturated carbocycles. The number of carbonyl (C=O) groups excluding carboxylic acids is 1. The van der Waals surface area contributed by atoms with Crippen molar-refractivity contribution in [3.63, 3.8) is 0 Å². The molecule has 0 aliphatic heterocycles. The van der Waals surface area contributed by atoms with Crippen LogP contribution in [0.15, 0.2) is 12.2 Å². The van der Waals surface area contributed by atoms with Crippen LogP contribution in [0.5, 0.6) is 0 Å². The van der Waals surface area contributed by atoms with Gasteiger partial charge in [-0.15, -0.1) is 0 Å². The number of carbonyl (C=O) groups is 1. The van der Waals surface area contributed by atoms with E-state index in [0.717, 1.165) is 19.3 Å². The molecule has 0 aromatic rings. The molecule has 4 unspecified atom stereocenters. The lowest BCUT2D eigenvalue weighted by atomic mass is 9.54. The molecule has 0 spiro atoms. The summed E-state index contributed by atoms with van der Waals surface area (Å²) in [7, 11) is 0. The Balaban J connectivity index is 2.05. The third-order valence-electron chi connectivity index (χ3n) is 4.30. The van der Waals surface area contributed by atoms with Crippen LogP contribution in [0.25, 0.3) is 0 Å². The molecule has 0 aromatic carbocycles. The summed E-state index contributed by atoms with van der Waals surface area (Å²) in [6.07, 6.45) is 7.19. The second-order valence-electron chi connectivity index (χ2n) is 4.78. The van der Waals surface area contributed by atoms with Crippen LogP contribution in [0.2, 0.25) is 0 Å². The van der Waals surface area contributed by atoms with Crippen LogP contribution >= 0.6 is 0 Å². The second kappa shape index (κ2) is 1.82. The van der Waals surface area contributed by atoms with Gasteiger partial charge in [0.25, 0.3) is 0 Å². The normalized spacial score (nSPS) is 56.1. The van der Waals surface area contributed by atoms with Crippen LogP contribution in [0.4, 0.5) is 0 Å². The van der Waals surface area contributed by atoms with Crippen molar-refractivity contribution >= 4 is 5.91 Å². The lowest BCUT2D eigenvalue weighted by molar-refractivity contribution is -0.139. The van der Waals surface area contributed by atoms with E-state index in [-0.39, 0.29) is 16.9 Å². The second-order valence-corrected chi connectivity index (χ2v) is 4.78. The van der Waals surface area contributed by atoms with Crippen LogP contribution < -0.4 is 11.5 Å². The lowest BCUT2D eigenvalue weighted by Gasteiger charge is -2.49. The number of allylic oxidation sites excluding steroid dienone is 1. The highest BCUT2D eigenvalue weighted by Gasteiger charge is 2.70. The van der Waals surface area contributed by atoms with Gasteiger partial charge in [-0.1, -0.05) is 12.2 Å². The van der Waals surface area contributed by atoms with Crippen molar-refractivity contribution in [2.75, 3.05) is 0 Å². The molecule has 3 aliphatic carbocycles. The predicted octanol–water partition coefficient (Wildman–Crippen LogP) is 0.155. The van der Waals surface area contributed by atoms with Gasteiger partial charge in [0.2, 0.25) is 5.91 Å². The monoisotopic (exact) mass is 178 g/mol. The highest BCUT2D eigenvalue weighted by Crippen LogP contribution is 2.67. The van der Waals surface area contributed by atoms with E-state index in [2.05, 4.69) is 12.2 Å². The van der Waals surface area contributed by atoms with Gasteiger partial charge in [-0.3, -0.25) is 4.79 Å². The van der Waals surface area contributed by atoms with Gasteiger partial charge in [0.1, 0.15) is 0 Å². The fourth-order valence-electron chi connectivity index (χ4n) is 3.24. The van der Waals surface area contributed by atoms with Gasteiger partial charge in [0.05, 0.1) is 5.41 Å². The maximum Gasteiger partial charge on any atom is 0.224 e. The quantitative estimate of drug-likeness (QED) is 0.561. The first-order valence-electron chi connectivity index (χ1n) is 4.88. The summed E-state index contributed by atoms with van der Waals surface area (Å²) in [6, 6.07) is 0. The molecule has 3 heteroatoms. The number of nitrogens with two attached hydrogens (primary N) is 2. The first kappa shape index (κ1) is 7.56. The summed E-state index contributed by atoms with van der Waals surface area (Å²) in [4.78, 5) is 11.4. The summed E-state index contributed by atoms with van der Waals surface area (Å²) in [5, 5.41) is 0. The largest absolute Gasteiger partial charge is 0.369 e. The van der Waals surface area contributed by atoms with E-state index in [1.807, 2.05) is 0 Å². The average molecular weight is 178 g/mol. The van der Waals surface area contributed by atoms with Gasteiger partial charge < -0.3 is 11.5 Å². The molecule has 4 atom stereocenters. The summed E-state index contributed by atoms with van der Waals surface area (Å²) < 4.78 is 0. The number of hydrogen-bond acceptors (Lipinski definition) is 2. The first-order valence-corrected chi connectivity index (χ1v) is 4.88. The molecular formula is C10H14N2O. The van der Waals surface area contributed by atoms with Gasteiger partial charge in [-0.25, -0.2) is 0 Å². The minimum atomic E-state index is -0.260. The van der Waals surface area contributed by atoms with E-state index >= 15 is 0 Å². The van der Waals surface area contributed by atoms with Crippen molar-refractivity contribution in [2.24, 2.45) is 28.7 Å². The molecule has 70 valence electrons. The first-order chi connectivity index (χ1) is 6.09. The zero-order valence-corrected chi connectivity index (χ0v) is 7.49. The summed E-state index contributed by atoms with van der Waals surface area (Å²) in [5.41, 5.74) is 11.1. The summed E-state index contributed by atoms with van der Waals surface area (Å²) in [6.45, 7) is 0. The molecule has 3 aliphatic rings. The van der Waals surface area contributed by atoms with Gasteiger partial charge in [0.15, 0.2) is 0 Å². The van der Waals surface area contributed by atoms with E-state index < -0.39 is 0 Å². The summed E-state index contributed by atoms with van der Waals surface area (Å²) >= 11 is 0. The van der Waals surface area contributed by atoms with Crippen LogP contribution in [-0.4, -0.2) is 11.4 Å². The van der Waals surface area contributed by atoms with Crippen LogP contribution in [0.1, 0.15) is 19.3 Å². The zero-order chi connectivity index (χ0) is 9.27. The van der Waals surface area contributed by atoms with Gasteiger partial charge >= 0.3 is 0 Å². The van der Waals surface area contributed by atoms with Gasteiger partial charge in [-0.2, -0.15) is 0 Å². The van der Waals surface area contributed by atoms with Crippen molar-refractivity contribution in [1.82, 2.24) is 0 Å². The molecule has 1 amide bonds. The molecular weight excluding hydrogens is 164 g/mol. The Hall–Kier alpha value is -0.830. The summed E-state index contributed by atoms with van der Waals surface area (Å²) in [5.74, 6) is 0.584. The fraction of sp³-hybridized carbons (Fsp3) is 0.700. The number of rotatable bonds is 1. The highest BCUT2D eigenvalue weighted by atomic mass is 16.1. The third-order valence-corrected chi connectivity index (χ3v) is 4.30. The fourth-order valence-corrected chi connectivity index (χ4v) is 3.24. The smallest absolute Gasteiger partial charge is 0.224 e. The molecule has 0 saturated heterocycles. The SMILES string of the molecule is NC(=O)C12CCC1C=CC1(N)CC12. The van der Waals surface area contributed by atoms with Crippen molar-refractivity contribution in [3.8, 4) is 0 Å². The molecule has 0 radical (unpaired) electrons. The molecule has 2 fully saturated rings. The lowest BCUT2D eigenvalue weighted by Crippen LogP contribution is -2.55. The molecule has 0 bridgehead atoms. The van der Waals surface area contributed by atoms with E-state index in [4.69, 9.17) is 11.5 Å². The molecule has 13 heavy (non-hydrogen) atoms. The third kappa shape index (κ3) is 0.645. The standard InChI is InChI=1S/C10H14N2O/c11-8(13)10-4-2-6(10)1-3-9(12)5-7(9)10/h1,3,6-7H,2,4-5,12H2,(H2,11,13). The molecule has 3 nitrogen and oxygen atoms in total. The van der Waals surface area contributed by atoms with Crippen LogP contribution in [-0.2, 0) is 4.79 Å². The van der Waals surface area contributed by atoms with Crippen LogP contribution in [0, 0.1) is 17.3 Å². The van der Waals surface area contributed by atoms with Crippen molar-refractivity contribution < 1.29 is 4.79 Å². The van der Waals surface area contributed by atoms with E-state index in [9.17, 15) is 4.79 Å². The molecule has 0 heterocycles. The maximum atomic E-state index is 11.4. The topological polar surface area (TPSA) is 69.1 Å². The predicted molar refractivity (Wildman–Crippen MR) is 48.5 cm³/mol. The minimum absolute atomic E-state index is 0.134. The Kier molecular flexibility index (Phi) is 1.06. The number of amides is 1.